The summed E-state index contributed by atoms with van der Waals surface area (Å²) in [6.45, 7) is 5.66. The number of amides is 1. The van der Waals surface area contributed by atoms with Gasteiger partial charge >= 0.3 is 0 Å². The lowest BCUT2D eigenvalue weighted by atomic mass is 9.79. The average Bonchev–Trinajstić information content (AvgIpc) is 3.54. The zero-order valence-corrected chi connectivity index (χ0v) is 17.1. The van der Waals surface area contributed by atoms with Crippen LogP contribution in [0.4, 0.5) is 11.6 Å². The Balaban J connectivity index is 1.79. The molecule has 0 unspecified atom stereocenters. The Morgan fingerprint density at radius 2 is 2.14 bits per heavy atom. The predicted molar refractivity (Wildman–Crippen MR) is 110 cm³/mol. The van der Waals surface area contributed by atoms with Crippen LogP contribution in [0.1, 0.15) is 49.6 Å². The SMILES string of the molecule is COc1cnc(N[C@H]2c3cc(C#N)ccc3N(C(C)=O)[C@@H](C3CC3)[C@@H]2C)nc1C. The van der Waals surface area contributed by atoms with Crippen molar-refractivity contribution >= 4 is 17.5 Å². The van der Waals surface area contributed by atoms with E-state index < -0.39 is 0 Å². The highest BCUT2D eigenvalue weighted by Gasteiger charge is 2.47. The molecule has 7 nitrogen and oxygen atoms in total. The molecule has 4 rings (SSSR count). The molecule has 150 valence electrons. The number of benzene rings is 1. The fourth-order valence-electron chi connectivity index (χ4n) is 4.50. The maximum Gasteiger partial charge on any atom is 0.224 e. The molecule has 7 heteroatoms. The first-order chi connectivity index (χ1) is 13.9. The number of carbonyl (C=O) groups excluding carboxylic acids is 1. The van der Waals surface area contributed by atoms with Crippen LogP contribution >= 0.6 is 0 Å². The van der Waals surface area contributed by atoms with Crippen LogP contribution < -0.4 is 15.0 Å². The third-order valence-corrected chi connectivity index (χ3v) is 6.00. The number of rotatable bonds is 4. The van der Waals surface area contributed by atoms with E-state index in [9.17, 15) is 10.1 Å². The van der Waals surface area contributed by atoms with E-state index in [-0.39, 0.29) is 23.9 Å². The van der Waals surface area contributed by atoms with E-state index in [1.54, 1.807) is 26.3 Å². The molecule has 1 aliphatic carbocycles. The van der Waals surface area contributed by atoms with Crippen molar-refractivity contribution < 1.29 is 9.53 Å². The molecule has 2 heterocycles. The van der Waals surface area contributed by atoms with Crippen molar-refractivity contribution in [2.75, 3.05) is 17.3 Å². The minimum atomic E-state index is -0.104. The number of carbonyl (C=O) groups is 1. The van der Waals surface area contributed by atoms with Crippen LogP contribution in [0.5, 0.6) is 5.75 Å². The van der Waals surface area contributed by atoms with Crippen LogP contribution in [-0.4, -0.2) is 29.0 Å². The Labute approximate surface area is 170 Å². The fraction of sp³-hybridized carbons (Fsp3) is 0.455. The standard InChI is InChI=1S/C22H25N5O2/c1-12-20(26-22-24-11-19(29-4)13(2)25-22)17-9-15(10-23)5-8-18(17)27(14(3)28)21(12)16-6-7-16/h5,8-9,11-12,16,20-21H,6-7H2,1-4H3,(H,24,25,26)/t12-,20-,21-/m1/s1. The monoisotopic (exact) mass is 391 g/mol. The van der Waals surface area contributed by atoms with Crippen LogP contribution in [0.3, 0.4) is 0 Å². The molecule has 1 N–H and O–H groups in total. The van der Waals surface area contributed by atoms with E-state index >= 15 is 0 Å². The number of aryl methyl sites for hydroxylation is 1. The number of nitrogens with zero attached hydrogens (tertiary/aromatic N) is 4. The van der Waals surface area contributed by atoms with Crippen LogP contribution in [0.2, 0.25) is 0 Å². The van der Waals surface area contributed by atoms with Crippen molar-refractivity contribution in [3.05, 3.63) is 41.2 Å². The molecule has 1 aromatic heterocycles. The van der Waals surface area contributed by atoms with E-state index in [1.165, 1.54) is 0 Å². The summed E-state index contributed by atoms with van der Waals surface area (Å²) in [6, 6.07) is 7.77. The zero-order valence-electron chi connectivity index (χ0n) is 17.1. The van der Waals surface area contributed by atoms with Gasteiger partial charge in [-0.2, -0.15) is 5.26 Å². The molecular formula is C22H25N5O2. The minimum absolute atomic E-state index is 0.0368. The Morgan fingerprint density at radius 1 is 1.38 bits per heavy atom. The number of fused-ring (bicyclic) bond motifs is 1. The lowest BCUT2D eigenvalue weighted by Gasteiger charge is -2.45. The van der Waals surface area contributed by atoms with Crippen molar-refractivity contribution in [3.63, 3.8) is 0 Å². The van der Waals surface area contributed by atoms with Gasteiger partial charge in [-0.15, -0.1) is 0 Å². The van der Waals surface area contributed by atoms with Crippen molar-refractivity contribution in [2.45, 2.75) is 45.7 Å². The first kappa shape index (κ1) is 19.2. The fourth-order valence-corrected chi connectivity index (χ4v) is 4.50. The summed E-state index contributed by atoms with van der Waals surface area (Å²) >= 11 is 0. The van der Waals surface area contributed by atoms with E-state index in [2.05, 4.69) is 28.3 Å². The molecule has 0 spiro atoms. The molecule has 1 aromatic carbocycles. The average molecular weight is 391 g/mol. The van der Waals surface area contributed by atoms with Gasteiger partial charge in [0, 0.05) is 24.6 Å². The van der Waals surface area contributed by atoms with Gasteiger partial charge in [-0.1, -0.05) is 6.92 Å². The predicted octanol–water partition coefficient (Wildman–Crippen LogP) is 3.60. The Kier molecular flexibility index (Phi) is 4.87. The number of nitrogens with one attached hydrogen (secondary N) is 1. The number of nitriles is 1. The lowest BCUT2D eigenvalue weighted by Crippen LogP contribution is -2.51. The minimum Gasteiger partial charge on any atom is -0.493 e. The number of aromatic nitrogens is 2. The summed E-state index contributed by atoms with van der Waals surface area (Å²) in [6.07, 6.45) is 3.93. The first-order valence-electron chi connectivity index (χ1n) is 9.92. The van der Waals surface area contributed by atoms with Gasteiger partial charge in [0.25, 0.3) is 0 Å². The van der Waals surface area contributed by atoms with Gasteiger partial charge in [-0.3, -0.25) is 4.79 Å². The van der Waals surface area contributed by atoms with Crippen LogP contribution in [0, 0.1) is 30.1 Å². The van der Waals surface area contributed by atoms with Crippen LogP contribution in [-0.2, 0) is 4.79 Å². The number of methoxy groups -OCH3 is 1. The number of hydrogen-bond acceptors (Lipinski definition) is 6. The lowest BCUT2D eigenvalue weighted by molar-refractivity contribution is -0.117. The van der Waals surface area contributed by atoms with Crippen molar-refractivity contribution in [3.8, 4) is 11.8 Å². The molecule has 1 aliphatic heterocycles. The highest BCUT2D eigenvalue weighted by atomic mass is 16.5. The van der Waals surface area contributed by atoms with Gasteiger partial charge in [0.2, 0.25) is 11.9 Å². The Morgan fingerprint density at radius 3 is 2.72 bits per heavy atom. The molecule has 1 fully saturated rings. The topological polar surface area (TPSA) is 91.1 Å². The molecule has 2 aliphatic rings. The van der Waals surface area contributed by atoms with Crippen LogP contribution in [0.15, 0.2) is 24.4 Å². The quantitative estimate of drug-likeness (QED) is 0.856. The largest absolute Gasteiger partial charge is 0.493 e. The van der Waals surface area contributed by atoms with Crippen molar-refractivity contribution in [2.24, 2.45) is 11.8 Å². The van der Waals surface area contributed by atoms with E-state index in [4.69, 9.17) is 4.74 Å². The smallest absolute Gasteiger partial charge is 0.224 e. The highest BCUT2D eigenvalue weighted by molar-refractivity contribution is 5.94. The van der Waals surface area contributed by atoms with E-state index in [1.807, 2.05) is 24.0 Å². The second-order valence-corrected chi connectivity index (χ2v) is 7.93. The molecular weight excluding hydrogens is 366 g/mol. The highest BCUT2D eigenvalue weighted by Crippen LogP contribution is 2.50. The van der Waals surface area contributed by atoms with Gasteiger partial charge in [-0.25, -0.2) is 9.97 Å². The summed E-state index contributed by atoms with van der Waals surface area (Å²) in [5.41, 5.74) is 3.13. The molecule has 0 bridgehead atoms. The normalized spacial score (nSPS) is 23.1. The Bertz CT molecular complexity index is 995. The second kappa shape index (κ2) is 7.36. The van der Waals surface area contributed by atoms with Crippen molar-refractivity contribution in [1.29, 1.82) is 5.26 Å². The van der Waals surface area contributed by atoms with Gasteiger partial charge in [0.1, 0.15) is 0 Å². The second-order valence-electron chi connectivity index (χ2n) is 7.93. The summed E-state index contributed by atoms with van der Waals surface area (Å²) in [4.78, 5) is 23.5. The third-order valence-electron chi connectivity index (χ3n) is 6.00. The third kappa shape index (κ3) is 3.39. The molecule has 1 saturated carbocycles. The molecule has 0 saturated heterocycles. The van der Waals surface area contributed by atoms with Crippen LogP contribution in [0.25, 0.3) is 0 Å². The molecule has 0 radical (unpaired) electrons. The van der Waals surface area contributed by atoms with Gasteiger partial charge in [0.15, 0.2) is 5.75 Å². The summed E-state index contributed by atoms with van der Waals surface area (Å²) in [7, 11) is 1.60. The summed E-state index contributed by atoms with van der Waals surface area (Å²) in [5, 5.41) is 12.9. The Hall–Kier alpha value is -3.14. The maximum atomic E-state index is 12.6. The molecule has 3 atom stereocenters. The van der Waals surface area contributed by atoms with Gasteiger partial charge in [-0.05, 0) is 49.4 Å². The number of ether oxygens (including phenoxy) is 1. The van der Waals surface area contributed by atoms with E-state index in [0.717, 1.165) is 29.8 Å². The van der Waals surface area contributed by atoms with Gasteiger partial charge < -0.3 is 15.0 Å². The molecule has 29 heavy (non-hydrogen) atoms. The molecule has 2 aromatic rings. The zero-order chi connectivity index (χ0) is 20.7. The van der Waals surface area contributed by atoms with Crippen molar-refractivity contribution in [1.82, 2.24) is 9.97 Å². The molecule has 1 amide bonds. The first-order valence-corrected chi connectivity index (χ1v) is 9.92. The summed E-state index contributed by atoms with van der Waals surface area (Å²) < 4.78 is 5.26. The van der Waals surface area contributed by atoms with E-state index in [0.29, 0.717) is 23.2 Å². The maximum absolute atomic E-state index is 12.6. The van der Waals surface area contributed by atoms with Gasteiger partial charge in [0.05, 0.1) is 36.7 Å². The number of anilines is 2. The number of hydrogen-bond donors (Lipinski definition) is 1. The summed E-state index contributed by atoms with van der Waals surface area (Å²) in [5.74, 6) is 1.83.